The van der Waals surface area contributed by atoms with Crippen molar-refractivity contribution in [2.24, 2.45) is 0 Å². The summed E-state index contributed by atoms with van der Waals surface area (Å²) >= 11 is 0. The van der Waals surface area contributed by atoms with E-state index < -0.39 is 0 Å². The monoisotopic (exact) mass is 722 g/mol. The summed E-state index contributed by atoms with van der Waals surface area (Å²) in [5.41, 5.74) is 8.59. The van der Waals surface area contributed by atoms with Crippen molar-refractivity contribution in [2.45, 2.75) is 33.1 Å². The topological polar surface area (TPSA) is 25.8 Å². The molecule has 42 heavy (non-hydrogen) atoms. The molecule has 0 spiro atoms. The molecule has 0 N–H and O–H groups in total. The third kappa shape index (κ3) is 5.90. The van der Waals surface area contributed by atoms with Crippen molar-refractivity contribution < 1.29 is 20.1 Å². The first-order chi connectivity index (χ1) is 19.9. The van der Waals surface area contributed by atoms with E-state index in [2.05, 4.69) is 130 Å². The predicted molar refractivity (Wildman–Crippen MR) is 174 cm³/mol. The predicted octanol–water partition coefficient (Wildman–Crippen LogP) is 10.4. The van der Waals surface area contributed by atoms with Crippen LogP contribution in [0, 0.1) is 13.0 Å². The summed E-state index contributed by atoms with van der Waals surface area (Å²) in [6.45, 7) is 8.87. The van der Waals surface area contributed by atoms with Crippen LogP contribution < -0.4 is 0 Å². The number of fused-ring (bicyclic) bond motifs is 5. The van der Waals surface area contributed by atoms with Crippen molar-refractivity contribution in [1.82, 2.24) is 9.97 Å². The maximum absolute atomic E-state index is 4.74. The van der Waals surface area contributed by atoms with Crippen LogP contribution in [0.4, 0.5) is 0 Å². The second-order valence-electron chi connectivity index (χ2n) is 11.5. The molecule has 7 aromatic rings. The molecule has 0 fully saturated rings. The van der Waals surface area contributed by atoms with E-state index in [0.717, 1.165) is 16.6 Å². The van der Waals surface area contributed by atoms with Crippen molar-refractivity contribution >= 4 is 32.4 Å². The van der Waals surface area contributed by atoms with Crippen LogP contribution in [0.5, 0.6) is 0 Å². The summed E-state index contributed by atoms with van der Waals surface area (Å²) in [6.07, 6.45) is 3.80. The Kier molecular flexibility index (Phi) is 8.64. The van der Waals surface area contributed by atoms with Gasteiger partial charge in [-0.2, -0.15) is 0 Å². The zero-order valence-electron chi connectivity index (χ0n) is 24.4. The van der Waals surface area contributed by atoms with Gasteiger partial charge in [0.1, 0.15) is 0 Å². The van der Waals surface area contributed by atoms with Gasteiger partial charge in [0.05, 0.1) is 5.69 Å². The van der Waals surface area contributed by atoms with Gasteiger partial charge in [0.2, 0.25) is 0 Å². The average molecular weight is 722 g/mol. The van der Waals surface area contributed by atoms with Gasteiger partial charge in [0, 0.05) is 38.1 Å². The molecule has 5 aromatic carbocycles. The fourth-order valence-electron chi connectivity index (χ4n) is 5.41. The van der Waals surface area contributed by atoms with E-state index in [-0.39, 0.29) is 25.5 Å². The molecule has 0 saturated carbocycles. The number of hydrogen-bond acceptors (Lipinski definition) is 2. The molecule has 3 heteroatoms. The zero-order valence-corrected chi connectivity index (χ0v) is 26.7. The molecule has 209 valence electrons. The maximum Gasteiger partial charge on any atom is 0.0704 e. The molecule has 7 rings (SSSR count). The largest absolute Gasteiger partial charge is 0.303 e. The first kappa shape index (κ1) is 29.3. The summed E-state index contributed by atoms with van der Waals surface area (Å²) in [4.78, 5) is 9.14. The Morgan fingerprint density at radius 2 is 1.38 bits per heavy atom. The Bertz CT molecular complexity index is 1970. The van der Waals surface area contributed by atoms with Gasteiger partial charge >= 0.3 is 0 Å². The number of rotatable bonds is 2. The number of pyridine rings is 2. The number of nitrogens with zero attached hydrogens (tertiary/aromatic N) is 2. The van der Waals surface area contributed by atoms with Gasteiger partial charge in [0.25, 0.3) is 0 Å². The number of aromatic nitrogens is 2. The molecule has 0 amide bonds. The molecular weight excluding hydrogens is 689 g/mol. The number of benzene rings is 5. The molecule has 0 aliphatic heterocycles. The molecule has 2 nitrogen and oxygen atoms in total. The zero-order chi connectivity index (χ0) is 28.4. The summed E-state index contributed by atoms with van der Waals surface area (Å²) in [5.74, 6) is 0. The van der Waals surface area contributed by atoms with Gasteiger partial charge in [-0.1, -0.05) is 123 Å². The maximum atomic E-state index is 4.74. The van der Waals surface area contributed by atoms with Crippen LogP contribution in [0.25, 0.3) is 54.8 Å². The van der Waals surface area contributed by atoms with Crippen LogP contribution in [0.2, 0.25) is 0 Å². The van der Waals surface area contributed by atoms with E-state index in [9.17, 15) is 0 Å². The van der Waals surface area contributed by atoms with E-state index in [0.29, 0.717) is 0 Å². The Balaban J connectivity index is 0.000000174. The van der Waals surface area contributed by atoms with E-state index in [1.165, 1.54) is 49.4 Å². The summed E-state index contributed by atoms with van der Waals surface area (Å²) < 4.78 is 0. The number of hydrogen-bond donors (Lipinski definition) is 0. The Morgan fingerprint density at radius 3 is 2.12 bits per heavy atom. The van der Waals surface area contributed by atoms with Crippen molar-refractivity contribution in [3.63, 3.8) is 0 Å². The number of aryl methyl sites for hydroxylation is 1. The fraction of sp³-hybridized carbons (Fsp3) is 0.128. The first-order valence-corrected chi connectivity index (χ1v) is 14.1. The van der Waals surface area contributed by atoms with E-state index in [1.807, 2.05) is 36.7 Å². The third-order valence-electron chi connectivity index (χ3n) is 7.65. The van der Waals surface area contributed by atoms with Crippen molar-refractivity contribution in [2.75, 3.05) is 0 Å². The second-order valence-corrected chi connectivity index (χ2v) is 11.5. The fourth-order valence-corrected chi connectivity index (χ4v) is 5.41. The van der Waals surface area contributed by atoms with Crippen LogP contribution >= 0.6 is 0 Å². The molecule has 0 saturated heterocycles. The minimum atomic E-state index is 0. The van der Waals surface area contributed by atoms with Crippen LogP contribution in [-0.4, -0.2) is 9.97 Å². The van der Waals surface area contributed by atoms with Gasteiger partial charge in [-0.15, -0.1) is 23.6 Å². The Morgan fingerprint density at radius 1 is 0.643 bits per heavy atom. The van der Waals surface area contributed by atoms with E-state index >= 15 is 0 Å². The average Bonchev–Trinajstić information content (AvgIpc) is 3.01. The van der Waals surface area contributed by atoms with Gasteiger partial charge < -0.3 is 4.98 Å². The van der Waals surface area contributed by atoms with Gasteiger partial charge in [-0.05, 0) is 62.8 Å². The Labute approximate surface area is 261 Å². The van der Waals surface area contributed by atoms with Gasteiger partial charge in [-0.25, -0.2) is 0 Å². The van der Waals surface area contributed by atoms with Gasteiger partial charge in [0.15, 0.2) is 0 Å². The minimum absolute atomic E-state index is 0. The van der Waals surface area contributed by atoms with Crippen molar-refractivity contribution in [3.8, 4) is 22.4 Å². The molecule has 2 heterocycles. The van der Waals surface area contributed by atoms with Crippen molar-refractivity contribution in [1.29, 1.82) is 0 Å². The van der Waals surface area contributed by atoms with Crippen LogP contribution in [0.1, 0.15) is 31.9 Å². The summed E-state index contributed by atoms with van der Waals surface area (Å²) in [5, 5.41) is 5.87. The molecule has 0 unspecified atom stereocenters. The standard InChI is InChI=1S/C23H14N.C16H19N.Ir/c1-2-7-16(8-3-1)18-11-6-12-21-20(18)13-14-22-19-10-5-4-9-17(19)15-24-23(21)22;1-12-11-13(16(2,3)4)8-9-14(12)15-7-5-6-10-17-15;/h1-11,13-15H;5-11H,1-4H3;/q-1;;. The molecular formula is C39H33IrN2-. The Hall–Kier alpha value is -4.17. The third-order valence-corrected chi connectivity index (χ3v) is 7.65. The van der Waals surface area contributed by atoms with Gasteiger partial charge in [-0.3, -0.25) is 4.98 Å². The minimum Gasteiger partial charge on any atom is -0.303 e. The van der Waals surface area contributed by atoms with Crippen LogP contribution in [-0.2, 0) is 25.5 Å². The van der Waals surface area contributed by atoms with Crippen LogP contribution in [0.15, 0.2) is 128 Å². The van der Waals surface area contributed by atoms with Crippen molar-refractivity contribution in [3.05, 3.63) is 145 Å². The molecule has 0 bridgehead atoms. The van der Waals surface area contributed by atoms with Crippen LogP contribution in [0.3, 0.4) is 0 Å². The quantitative estimate of drug-likeness (QED) is 0.131. The second kappa shape index (κ2) is 12.4. The summed E-state index contributed by atoms with van der Waals surface area (Å²) in [7, 11) is 0. The molecule has 0 aliphatic carbocycles. The molecule has 0 aliphatic rings. The summed E-state index contributed by atoms with van der Waals surface area (Å²) in [6, 6.07) is 43.5. The molecule has 2 aromatic heterocycles. The first-order valence-electron chi connectivity index (χ1n) is 14.1. The van der Waals surface area contributed by atoms with E-state index in [1.54, 1.807) is 0 Å². The molecule has 0 atom stereocenters. The van der Waals surface area contributed by atoms with E-state index in [4.69, 9.17) is 4.98 Å². The SMILES string of the molecule is Cc1cc(C(C)(C)C)ccc1-c1ccccn1.[Ir].[c-]1ccc(-c2ccccc2)c2ccc3c4ccccc4cnc3c12. The normalized spacial score (nSPS) is 11.1. The smallest absolute Gasteiger partial charge is 0.0704 e. The molecule has 1 radical (unpaired) electrons.